The summed E-state index contributed by atoms with van der Waals surface area (Å²) in [7, 11) is 0. The molecule has 2 heterocycles. The Kier molecular flexibility index (Phi) is 6.14. The van der Waals surface area contributed by atoms with Gasteiger partial charge in [0.25, 0.3) is 0 Å². The fourth-order valence-corrected chi connectivity index (χ4v) is 9.11. The van der Waals surface area contributed by atoms with Gasteiger partial charge in [-0.15, -0.1) is 0 Å². The summed E-state index contributed by atoms with van der Waals surface area (Å²) in [6.45, 7) is 4.67. The number of fused-ring (bicyclic) bond motifs is 6. The number of hydrogen-bond donors (Lipinski definition) is 0. The molecule has 5 heteroatoms. The minimum absolute atomic E-state index is 0.0374. The van der Waals surface area contributed by atoms with Crippen LogP contribution < -0.4 is 0 Å². The second-order valence-corrected chi connectivity index (χ2v) is 14.4. The van der Waals surface area contributed by atoms with Crippen molar-refractivity contribution in [2.75, 3.05) is 0 Å². The van der Waals surface area contributed by atoms with E-state index in [4.69, 9.17) is 19.9 Å². The van der Waals surface area contributed by atoms with Gasteiger partial charge in [-0.2, -0.15) is 0 Å². The predicted octanol–water partition coefficient (Wildman–Crippen LogP) is 9.60. The van der Waals surface area contributed by atoms with E-state index in [-0.39, 0.29) is 19.9 Å². The number of nitrogens with zero attached hydrogens (tertiary/aromatic N) is 4. The Hall–Kier alpha value is -5.22. The molecule has 218 valence electrons. The van der Waals surface area contributed by atoms with Crippen molar-refractivity contribution in [1.82, 2.24) is 19.9 Å². The zero-order valence-electron chi connectivity index (χ0n) is 25.4. The molecule has 1 aliphatic rings. The van der Waals surface area contributed by atoms with Crippen LogP contribution in [0, 0.1) is 0 Å². The van der Waals surface area contributed by atoms with Crippen molar-refractivity contribution in [1.29, 1.82) is 0 Å². The van der Waals surface area contributed by atoms with Gasteiger partial charge in [-0.1, -0.05) is 0 Å². The Morgan fingerprint density at radius 1 is 0.457 bits per heavy atom. The van der Waals surface area contributed by atoms with E-state index in [2.05, 4.69) is 86.6 Å². The molecular formula is C41H28N4Se. The first-order valence-electron chi connectivity index (χ1n) is 15.5. The maximum absolute atomic E-state index is 5.21. The van der Waals surface area contributed by atoms with Crippen LogP contribution in [-0.2, 0) is 5.41 Å². The van der Waals surface area contributed by atoms with Crippen LogP contribution in [0.3, 0.4) is 0 Å². The molecule has 0 radical (unpaired) electrons. The van der Waals surface area contributed by atoms with E-state index in [1.165, 1.54) is 42.0 Å². The second kappa shape index (κ2) is 10.4. The molecule has 8 aromatic rings. The summed E-state index contributed by atoms with van der Waals surface area (Å²) in [5.41, 5.74) is 10.6. The summed E-state index contributed by atoms with van der Waals surface area (Å²) >= 11 is 0.0563. The Balaban J connectivity index is 1.19. The van der Waals surface area contributed by atoms with E-state index in [1.807, 2.05) is 60.7 Å². The number of aromatic nitrogens is 4. The molecule has 2 aromatic heterocycles. The van der Waals surface area contributed by atoms with Gasteiger partial charge < -0.3 is 0 Å². The van der Waals surface area contributed by atoms with E-state index in [1.54, 1.807) is 0 Å². The second-order valence-electron chi connectivity index (χ2n) is 12.3. The predicted molar refractivity (Wildman–Crippen MR) is 189 cm³/mol. The van der Waals surface area contributed by atoms with Crippen LogP contribution in [-0.4, -0.2) is 34.4 Å². The van der Waals surface area contributed by atoms with Gasteiger partial charge in [-0.3, -0.25) is 0 Å². The summed E-state index contributed by atoms with van der Waals surface area (Å²) in [4.78, 5) is 20.1. The zero-order chi connectivity index (χ0) is 30.8. The molecule has 0 saturated heterocycles. The third kappa shape index (κ3) is 4.28. The van der Waals surface area contributed by atoms with Crippen molar-refractivity contribution in [2.45, 2.75) is 19.3 Å². The standard InChI is InChI=1S/C41H28N4Se/c1-41(2)33-19-10-9-16-29(33)30-21-20-27(24-34(30)41)40-42-35-23-22-28-31(36(35)46-40)17-11-18-32(28)39-44-37(25-12-5-3-6-13-25)43-38(45-39)26-14-7-4-8-15-26/h3-24H,1-2H3. The monoisotopic (exact) mass is 656 g/mol. The summed E-state index contributed by atoms with van der Waals surface area (Å²) < 4.78 is 2.48. The molecule has 4 nitrogen and oxygen atoms in total. The zero-order valence-corrected chi connectivity index (χ0v) is 27.1. The first-order valence-corrected chi connectivity index (χ1v) is 17.2. The summed E-state index contributed by atoms with van der Waals surface area (Å²) in [6, 6.07) is 46.8. The maximum atomic E-state index is 5.21. The summed E-state index contributed by atoms with van der Waals surface area (Å²) in [6.07, 6.45) is 0. The number of rotatable bonds is 4. The summed E-state index contributed by atoms with van der Waals surface area (Å²) in [5.74, 6) is 2.00. The number of hydrogen-bond acceptors (Lipinski definition) is 4. The molecule has 6 aromatic carbocycles. The van der Waals surface area contributed by atoms with Crippen molar-refractivity contribution < 1.29 is 0 Å². The van der Waals surface area contributed by atoms with E-state index in [9.17, 15) is 0 Å². The minimum atomic E-state index is -0.0374. The van der Waals surface area contributed by atoms with E-state index >= 15 is 0 Å². The topological polar surface area (TPSA) is 51.6 Å². The van der Waals surface area contributed by atoms with Crippen molar-refractivity contribution in [3.8, 4) is 55.4 Å². The van der Waals surface area contributed by atoms with Gasteiger partial charge in [0.1, 0.15) is 0 Å². The van der Waals surface area contributed by atoms with Gasteiger partial charge in [0, 0.05) is 0 Å². The first kappa shape index (κ1) is 27.1. The van der Waals surface area contributed by atoms with Crippen LogP contribution in [0.1, 0.15) is 25.0 Å². The van der Waals surface area contributed by atoms with Gasteiger partial charge in [-0.25, -0.2) is 0 Å². The average molecular weight is 656 g/mol. The van der Waals surface area contributed by atoms with E-state index in [0.29, 0.717) is 17.5 Å². The van der Waals surface area contributed by atoms with Crippen molar-refractivity contribution in [3.63, 3.8) is 0 Å². The quantitative estimate of drug-likeness (QED) is 0.177. The SMILES string of the molecule is CC1(C)c2ccccc2-c2ccc(-c3nc4ccc5c(-c6nc(-c7ccccc7)nc(-c7ccccc7)n6)cccc5c4[se]3)cc21. The molecule has 0 spiro atoms. The van der Waals surface area contributed by atoms with Crippen LogP contribution in [0.5, 0.6) is 0 Å². The Morgan fingerprint density at radius 3 is 1.83 bits per heavy atom. The molecular weight excluding hydrogens is 627 g/mol. The molecule has 0 atom stereocenters. The molecule has 0 amide bonds. The van der Waals surface area contributed by atoms with Crippen LogP contribution in [0.2, 0.25) is 0 Å². The molecule has 1 aliphatic carbocycles. The van der Waals surface area contributed by atoms with Crippen LogP contribution in [0.25, 0.3) is 76.0 Å². The Morgan fingerprint density at radius 2 is 1.09 bits per heavy atom. The molecule has 0 N–H and O–H groups in total. The third-order valence-corrected chi connectivity index (χ3v) is 11.6. The average Bonchev–Trinajstić information content (AvgIpc) is 3.66. The molecule has 0 aliphatic heterocycles. The molecule has 0 saturated carbocycles. The fourth-order valence-electron chi connectivity index (χ4n) is 6.83. The van der Waals surface area contributed by atoms with Crippen LogP contribution >= 0.6 is 0 Å². The van der Waals surface area contributed by atoms with E-state index < -0.39 is 0 Å². The normalized spacial score (nSPS) is 13.2. The van der Waals surface area contributed by atoms with Crippen LogP contribution in [0.4, 0.5) is 0 Å². The number of benzene rings is 6. The van der Waals surface area contributed by atoms with Crippen molar-refractivity contribution >= 4 is 35.1 Å². The third-order valence-electron chi connectivity index (χ3n) is 9.18. The Labute approximate surface area is 273 Å². The van der Waals surface area contributed by atoms with Gasteiger partial charge in [-0.05, 0) is 0 Å². The van der Waals surface area contributed by atoms with Gasteiger partial charge in [0.05, 0.1) is 0 Å². The van der Waals surface area contributed by atoms with Crippen molar-refractivity contribution in [3.05, 3.63) is 145 Å². The summed E-state index contributed by atoms with van der Waals surface area (Å²) in [5, 5.41) is 2.35. The molecule has 0 bridgehead atoms. The fraction of sp³-hybridized carbons (Fsp3) is 0.0732. The van der Waals surface area contributed by atoms with Crippen molar-refractivity contribution in [2.24, 2.45) is 0 Å². The van der Waals surface area contributed by atoms with Crippen LogP contribution in [0.15, 0.2) is 133 Å². The molecule has 46 heavy (non-hydrogen) atoms. The molecule has 9 rings (SSSR count). The molecule has 0 unspecified atom stereocenters. The Bertz CT molecular complexity index is 2390. The van der Waals surface area contributed by atoms with Gasteiger partial charge in [0.2, 0.25) is 0 Å². The molecule has 0 fully saturated rings. The van der Waals surface area contributed by atoms with Gasteiger partial charge >= 0.3 is 274 Å². The first-order chi connectivity index (χ1) is 22.5. The van der Waals surface area contributed by atoms with E-state index in [0.717, 1.165) is 27.6 Å². The van der Waals surface area contributed by atoms with Gasteiger partial charge in [0.15, 0.2) is 0 Å².